The number of aliphatic carboxylic acids is 2. The molecule has 0 bridgehead atoms. The summed E-state index contributed by atoms with van der Waals surface area (Å²) in [6.07, 6.45) is -30.4. The third kappa shape index (κ3) is 9.64. The standard InChI is InChI=1S/C26H41NO22.Na/c27-6(21(38)39)4-42-23-16(35)13(32)11(5-43-23)47-25-17(36)19(14(33)9(2-28)45-25)49-26-18(37)20(15(34)10(3-29)46-26)48-24-12(31)7(30)1-8(44-24)22(40)41;/h1,6-7,9-20,23-26,28-37H,2-5,27H2,(H,38,39)(H,40,41);/q;+1/p-1/t6?,7-,9?,10?,11-,12?,13-,14-,15-,16?,17?,18?,19-,20-,23+,24-,25-,26-;/m0./s1. The number of aliphatic hydroxyl groups excluding tert-OH is 10. The maximum absolute atomic E-state index is 11.3. The SMILES string of the molecule is NC(CO[C@@H]1OC[C@H](O[C@@H]2OC(CO)[C@H](O)[C@H](O[C@@H]3OC(CO)[C@H](O)[C@H](O[C@@H]4OC(C(=O)[O-])=C[C@H](O)C4O)C3O)C2O)[C@H](O)C1O)C(=O)O.[Na+]. The zero-order valence-corrected chi connectivity index (χ0v) is 28.3. The van der Waals surface area contributed by atoms with Crippen molar-refractivity contribution < 1.29 is 138 Å². The largest absolute Gasteiger partial charge is 1.00 e. The zero-order valence-electron chi connectivity index (χ0n) is 26.3. The van der Waals surface area contributed by atoms with Crippen LogP contribution in [0.15, 0.2) is 11.8 Å². The number of ether oxygens (including phenoxy) is 8. The summed E-state index contributed by atoms with van der Waals surface area (Å²) in [6, 6.07) is -1.46. The fourth-order valence-electron chi connectivity index (χ4n) is 5.31. The molecule has 4 aliphatic heterocycles. The summed E-state index contributed by atoms with van der Waals surface area (Å²) in [6.45, 7) is -2.94. The van der Waals surface area contributed by atoms with Gasteiger partial charge in [-0.3, -0.25) is 4.79 Å². The first kappa shape index (κ1) is 43.2. The zero-order chi connectivity index (χ0) is 36.3. The third-order valence-corrected chi connectivity index (χ3v) is 8.12. The molecule has 7 unspecified atom stereocenters. The molecule has 13 N–H and O–H groups in total. The van der Waals surface area contributed by atoms with E-state index in [2.05, 4.69) is 0 Å². The van der Waals surface area contributed by atoms with Gasteiger partial charge in [-0.1, -0.05) is 0 Å². The Morgan fingerprint density at radius 3 is 1.80 bits per heavy atom. The van der Waals surface area contributed by atoms with E-state index in [4.69, 9.17) is 48.7 Å². The molecule has 3 saturated heterocycles. The molecule has 23 nitrogen and oxygen atoms in total. The predicted octanol–water partition coefficient (Wildman–Crippen LogP) is -12.8. The molecule has 0 saturated carbocycles. The smallest absolute Gasteiger partial charge is 0.542 e. The Kier molecular flexibility index (Phi) is 16.1. The van der Waals surface area contributed by atoms with Gasteiger partial charge in [0.1, 0.15) is 97.1 Å². The van der Waals surface area contributed by atoms with Gasteiger partial charge in [-0.25, -0.2) is 0 Å². The normalized spacial score (nSPS) is 44.3. The number of carboxylic acids is 2. The molecule has 50 heavy (non-hydrogen) atoms. The van der Waals surface area contributed by atoms with Gasteiger partial charge in [0, 0.05) is 0 Å². The fraction of sp³-hybridized carbons (Fsp3) is 0.846. The Labute approximate surface area is 304 Å². The molecule has 3 fully saturated rings. The molecule has 0 aromatic carbocycles. The number of carbonyl (C=O) groups excluding carboxylic acids is 1. The van der Waals surface area contributed by atoms with Gasteiger partial charge in [-0.15, -0.1) is 0 Å². The Hall–Kier alpha value is -1.24. The van der Waals surface area contributed by atoms with E-state index in [0.717, 1.165) is 0 Å². The van der Waals surface area contributed by atoms with Crippen molar-refractivity contribution in [3.8, 4) is 0 Å². The summed E-state index contributed by atoms with van der Waals surface area (Å²) in [5, 5.41) is 125. The number of rotatable bonds is 13. The van der Waals surface area contributed by atoms with Gasteiger partial charge in [-0.2, -0.15) is 0 Å². The van der Waals surface area contributed by atoms with Crippen molar-refractivity contribution in [3.63, 3.8) is 0 Å². The van der Waals surface area contributed by atoms with Crippen molar-refractivity contribution in [2.45, 2.75) is 111 Å². The first-order valence-corrected chi connectivity index (χ1v) is 14.8. The van der Waals surface area contributed by atoms with Crippen molar-refractivity contribution in [3.05, 3.63) is 11.8 Å². The molecule has 4 heterocycles. The topological polar surface area (TPSA) is 380 Å². The van der Waals surface area contributed by atoms with E-state index in [1.54, 1.807) is 0 Å². The minimum absolute atomic E-state index is 0. The second-order valence-electron chi connectivity index (χ2n) is 11.5. The van der Waals surface area contributed by atoms with Crippen LogP contribution < -0.4 is 40.4 Å². The fourth-order valence-corrected chi connectivity index (χ4v) is 5.31. The van der Waals surface area contributed by atoms with Crippen LogP contribution in [0.2, 0.25) is 0 Å². The number of hydrogen-bond donors (Lipinski definition) is 12. The van der Waals surface area contributed by atoms with Gasteiger partial charge < -0.3 is 110 Å². The van der Waals surface area contributed by atoms with Gasteiger partial charge in [0.05, 0.1) is 26.4 Å². The first-order chi connectivity index (χ1) is 23.1. The summed E-state index contributed by atoms with van der Waals surface area (Å²) in [5.74, 6) is -4.23. The minimum Gasteiger partial charge on any atom is -0.542 e. The number of hydrogen-bond acceptors (Lipinski definition) is 22. The summed E-state index contributed by atoms with van der Waals surface area (Å²) in [5.41, 5.74) is 5.35. The monoisotopic (exact) mass is 741 g/mol. The van der Waals surface area contributed by atoms with Crippen molar-refractivity contribution in [2.24, 2.45) is 5.73 Å². The molecule has 4 rings (SSSR count). The van der Waals surface area contributed by atoms with Crippen LogP contribution in [0.5, 0.6) is 0 Å². The van der Waals surface area contributed by atoms with E-state index in [-0.39, 0.29) is 29.6 Å². The molecule has 282 valence electrons. The summed E-state index contributed by atoms with van der Waals surface area (Å²) in [4.78, 5) is 22.2. The predicted molar refractivity (Wildman–Crippen MR) is 143 cm³/mol. The van der Waals surface area contributed by atoms with E-state index in [9.17, 15) is 65.8 Å². The quantitative estimate of drug-likeness (QED) is 0.0779. The number of nitrogens with two attached hydrogens (primary N) is 1. The molecule has 0 aromatic rings. The number of aliphatic hydroxyl groups is 10. The number of carboxylic acid groups (broad SMARTS) is 2. The van der Waals surface area contributed by atoms with Crippen LogP contribution in [0.4, 0.5) is 0 Å². The average Bonchev–Trinajstić information content (AvgIpc) is 3.06. The molecule has 0 aliphatic carbocycles. The van der Waals surface area contributed by atoms with Gasteiger partial charge in [0.2, 0.25) is 6.29 Å². The van der Waals surface area contributed by atoms with Crippen LogP contribution in [-0.2, 0) is 47.5 Å². The van der Waals surface area contributed by atoms with Gasteiger partial charge >= 0.3 is 35.5 Å². The maximum atomic E-state index is 11.3. The van der Waals surface area contributed by atoms with Crippen LogP contribution in [0.1, 0.15) is 0 Å². The van der Waals surface area contributed by atoms with E-state index >= 15 is 0 Å². The molecule has 0 spiro atoms. The molecule has 24 heteroatoms. The summed E-state index contributed by atoms with van der Waals surface area (Å²) < 4.78 is 42.8. The van der Waals surface area contributed by atoms with Gasteiger partial charge in [0.15, 0.2) is 18.9 Å². The maximum Gasteiger partial charge on any atom is 1.00 e. The minimum atomic E-state index is -2.10. The molecular weight excluding hydrogens is 701 g/mol. The Balaban J connectivity index is 0.00000676. The molecule has 0 amide bonds. The Morgan fingerprint density at radius 2 is 1.30 bits per heavy atom. The summed E-state index contributed by atoms with van der Waals surface area (Å²) >= 11 is 0. The van der Waals surface area contributed by atoms with E-state index in [0.29, 0.717) is 6.08 Å². The van der Waals surface area contributed by atoms with Crippen molar-refractivity contribution in [1.29, 1.82) is 0 Å². The Bertz CT molecular complexity index is 1150. The van der Waals surface area contributed by atoms with E-state index < -0.39 is 155 Å². The van der Waals surface area contributed by atoms with Crippen LogP contribution in [0.25, 0.3) is 0 Å². The molecule has 0 aromatic heterocycles. The number of carbonyl (C=O) groups is 2. The second-order valence-corrected chi connectivity index (χ2v) is 11.5. The molecular formula is C26H40NNaO22. The third-order valence-electron chi connectivity index (χ3n) is 8.12. The van der Waals surface area contributed by atoms with Crippen LogP contribution in [0, 0.1) is 0 Å². The van der Waals surface area contributed by atoms with E-state index in [1.807, 2.05) is 0 Å². The molecule has 4 aliphatic rings. The van der Waals surface area contributed by atoms with Crippen LogP contribution in [-0.4, -0.2) is 205 Å². The van der Waals surface area contributed by atoms with Gasteiger partial charge in [0.25, 0.3) is 0 Å². The van der Waals surface area contributed by atoms with Crippen molar-refractivity contribution in [2.75, 3.05) is 26.4 Å². The van der Waals surface area contributed by atoms with Crippen LogP contribution in [0.3, 0.4) is 0 Å². The average molecular weight is 742 g/mol. The molecule has 0 radical (unpaired) electrons. The van der Waals surface area contributed by atoms with Gasteiger partial charge in [-0.05, 0) is 6.08 Å². The first-order valence-electron chi connectivity index (χ1n) is 14.8. The van der Waals surface area contributed by atoms with Crippen molar-refractivity contribution >= 4 is 11.9 Å². The Morgan fingerprint density at radius 1 is 0.780 bits per heavy atom. The molecule has 18 atom stereocenters. The van der Waals surface area contributed by atoms with E-state index in [1.165, 1.54) is 0 Å². The van der Waals surface area contributed by atoms with Crippen molar-refractivity contribution in [1.82, 2.24) is 0 Å². The van der Waals surface area contributed by atoms with Crippen LogP contribution >= 0.6 is 0 Å². The summed E-state index contributed by atoms with van der Waals surface area (Å²) in [7, 11) is 0. The second kappa shape index (κ2) is 18.7.